The van der Waals surface area contributed by atoms with Gasteiger partial charge in [0.2, 0.25) is 5.91 Å². The molecule has 1 atom stereocenters. The Kier molecular flexibility index (Phi) is 4.16. The maximum Gasteiger partial charge on any atom is 0.336 e. The van der Waals surface area contributed by atoms with E-state index < -0.39 is 5.97 Å². The van der Waals surface area contributed by atoms with Gasteiger partial charge in [-0.05, 0) is 37.0 Å². The Morgan fingerprint density at radius 3 is 2.89 bits per heavy atom. The van der Waals surface area contributed by atoms with Crippen LogP contribution in [0.2, 0.25) is 0 Å². The molecule has 19 heavy (non-hydrogen) atoms. The van der Waals surface area contributed by atoms with Crippen LogP contribution in [0.25, 0.3) is 0 Å². The van der Waals surface area contributed by atoms with E-state index in [4.69, 9.17) is 9.84 Å². The van der Waals surface area contributed by atoms with Gasteiger partial charge < -0.3 is 15.2 Å². The van der Waals surface area contributed by atoms with E-state index in [0.29, 0.717) is 30.9 Å². The van der Waals surface area contributed by atoms with Gasteiger partial charge in [-0.15, -0.1) is 0 Å². The minimum atomic E-state index is -0.988. The van der Waals surface area contributed by atoms with Crippen LogP contribution in [0.1, 0.15) is 28.8 Å². The van der Waals surface area contributed by atoms with Gasteiger partial charge in [-0.3, -0.25) is 4.79 Å². The first-order valence-corrected chi connectivity index (χ1v) is 6.28. The molecule has 0 aromatic heterocycles. The minimum Gasteiger partial charge on any atom is -0.478 e. The molecule has 1 fully saturated rings. The number of rotatable bonds is 4. The Balaban J connectivity index is 2.00. The van der Waals surface area contributed by atoms with Gasteiger partial charge in [0.25, 0.3) is 0 Å². The Morgan fingerprint density at radius 1 is 1.47 bits per heavy atom. The van der Waals surface area contributed by atoms with Crippen molar-refractivity contribution >= 4 is 17.6 Å². The minimum absolute atomic E-state index is 0.101. The highest BCUT2D eigenvalue weighted by Gasteiger charge is 2.19. The van der Waals surface area contributed by atoms with Crippen molar-refractivity contribution in [3.8, 4) is 0 Å². The average molecular weight is 263 g/mol. The molecular weight excluding hydrogens is 246 g/mol. The fourth-order valence-corrected chi connectivity index (χ4v) is 2.15. The van der Waals surface area contributed by atoms with Gasteiger partial charge in [0.05, 0.1) is 5.56 Å². The van der Waals surface area contributed by atoms with E-state index in [1.165, 1.54) is 6.07 Å². The quantitative estimate of drug-likeness (QED) is 0.871. The molecule has 1 aliphatic heterocycles. The molecule has 1 aliphatic rings. The van der Waals surface area contributed by atoms with Crippen molar-refractivity contribution in [2.45, 2.75) is 19.8 Å². The summed E-state index contributed by atoms with van der Waals surface area (Å²) in [4.78, 5) is 22.8. The first-order chi connectivity index (χ1) is 9.06. The predicted octanol–water partition coefficient (Wildman–Crippen LogP) is 2.06. The second kappa shape index (κ2) is 5.84. The summed E-state index contributed by atoms with van der Waals surface area (Å²) in [6.45, 7) is 3.07. The third-order valence-electron chi connectivity index (χ3n) is 3.25. The van der Waals surface area contributed by atoms with E-state index >= 15 is 0 Å². The van der Waals surface area contributed by atoms with Crippen LogP contribution >= 0.6 is 0 Å². The third kappa shape index (κ3) is 3.54. The second-order valence-electron chi connectivity index (χ2n) is 4.82. The first-order valence-electron chi connectivity index (χ1n) is 6.28. The summed E-state index contributed by atoms with van der Waals surface area (Å²) in [7, 11) is 0. The Hall–Kier alpha value is -1.88. The van der Waals surface area contributed by atoms with E-state index in [1.807, 2.05) is 0 Å². The zero-order valence-corrected chi connectivity index (χ0v) is 10.8. The van der Waals surface area contributed by atoms with Crippen molar-refractivity contribution in [3.05, 3.63) is 29.3 Å². The zero-order valence-electron chi connectivity index (χ0n) is 10.8. The summed E-state index contributed by atoms with van der Waals surface area (Å²) in [6.07, 6.45) is 1.32. The molecular formula is C14H17NO4. The van der Waals surface area contributed by atoms with Gasteiger partial charge in [-0.25, -0.2) is 4.79 Å². The predicted molar refractivity (Wildman–Crippen MR) is 70.3 cm³/mol. The molecule has 1 unspecified atom stereocenters. The number of ether oxygens (including phenoxy) is 1. The highest BCUT2D eigenvalue weighted by Crippen LogP contribution is 2.19. The molecule has 1 aromatic rings. The molecule has 1 saturated heterocycles. The third-order valence-corrected chi connectivity index (χ3v) is 3.25. The molecule has 0 spiro atoms. The number of aryl methyl sites for hydroxylation is 1. The topological polar surface area (TPSA) is 75.6 Å². The van der Waals surface area contributed by atoms with Gasteiger partial charge in [-0.2, -0.15) is 0 Å². The number of carboxylic acids is 1. The van der Waals surface area contributed by atoms with Crippen LogP contribution in [0, 0.1) is 12.8 Å². The second-order valence-corrected chi connectivity index (χ2v) is 4.82. The number of anilines is 1. The summed E-state index contributed by atoms with van der Waals surface area (Å²) in [6, 6.07) is 4.89. The van der Waals surface area contributed by atoms with Crippen LogP contribution in [-0.2, 0) is 9.53 Å². The number of hydrogen-bond acceptors (Lipinski definition) is 3. The van der Waals surface area contributed by atoms with Crippen LogP contribution in [0.4, 0.5) is 5.69 Å². The number of carbonyl (C=O) groups excluding carboxylic acids is 1. The lowest BCUT2D eigenvalue weighted by Crippen LogP contribution is -2.17. The van der Waals surface area contributed by atoms with Crippen molar-refractivity contribution in [1.82, 2.24) is 0 Å². The maximum absolute atomic E-state index is 11.8. The molecule has 1 aromatic carbocycles. The monoisotopic (exact) mass is 263 g/mol. The molecule has 5 heteroatoms. The van der Waals surface area contributed by atoms with E-state index in [0.717, 1.165) is 6.42 Å². The van der Waals surface area contributed by atoms with E-state index in [-0.39, 0.29) is 17.4 Å². The Bertz CT molecular complexity index is 492. The molecule has 0 radical (unpaired) electrons. The Morgan fingerprint density at radius 2 is 2.26 bits per heavy atom. The van der Waals surface area contributed by atoms with Crippen molar-refractivity contribution in [1.29, 1.82) is 0 Å². The molecule has 5 nitrogen and oxygen atoms in total. The molecule has 1 amide bonds. The van der Waals surface area contributed by atoms with Gasteiger partial charge in [0.15, 0.2) is 0 Å². The van der Waals surface area contributed by atoms with Crippen molar-refractivity contribution < 1.29 is 19.4 Å². The number of aromatic carboxylic acids is 1. The smallest absolute Gasteiger partial charge is 0.336 e. The molecule has 0 saturated carbocycles. The Labute approximate surface area is 111 Å². The van der Waals surface area contributed by atoms with Crippen molar-refractivity contribution in [2.75, 3.05) is 18.5 Å². The molecule has 2 N–H and O–H groups in total. The summed E-state index contributed by atoms with van der Waals surface area (Å²) in [5.74, 6) is -0.821. The molecule has 0 bridgehead atoms. The van der Waals surface area contributed by atoms with Gasteiger partial charge in [0.1, 0.15) is 0 Å². The fourth-order valence-electron chi connectivity index (χ4n) is 2.15. The fraction of sp³-hybridized carbons (Fsp3) is 0.429. The number of carboxylic acid groups (broad SMARTS) is 1. The average Bonchev–Trinajstić information content (AvgIpc) is 2.84. The molecule has 0 aliphatic carbocycles. The standard InChI is InChI=1S/C14H17NO4/c1-9-2-3-11(7-12(9)14(17)18)15-13(16)6-10-4-5-19-8-10/h2-3,7,10H,4-6,8H2,1H3,(H,15,16)(H,17,18). The van der Waals surface area contributed by atoms with E-state index in [2.05, 4.69) is 5.32 Å². The van der Waals surface area contributed by atoms with Gasteiger partial charge in [-0.1, -0.05) is 6.07 Å². The van der Waals surface area contributed by atoms with Crippen LogP contribution in [0.15, 0.2) is 18.2 Å². The van der Waals surface area contributed by atoms with E-state index in [1.54, 1.807) is 19.1 Å². The molecule has 2 rings (SSSR count). The van der Waals surface area contributed by atoms with Crippen LogP contribution in [0.3, 0.4) is 0 Å². The lowest BCUT2D eigenvalue weighted by Gasteiger charge is -2.10. The highest BCUT2D eigenvalue weighted by atomic mass is 16.5. The highest BCUT2D eigenvalue weighted by molar-refractivity contribution is 5.94. The number of carbonyl (C=O) groups is 2. The van der Waals surface area contributed by atoms with Gasteiger partial charge in [0, 0.05) is 25.3 Å². The largest absolute Gasteiger partial charge is 0.478 e. The number of amides is 1. The maximum atomic E-state index is 11.8. The lowest BCUT2D eigenvalue weighted by atomic mass is 10.0. The molecule has 1 heterocycles. The summed E-state index contributed by atoms with van der Waals surface area (Å²) >= 11 is 0. The lowest BCUT2D eigenvalue weighted by molar-refractivity contribution is -0.117. The van der Waals surface area contributed by atoms with Crippen molar-refractivity contribution in [2.24, 2.45) is 5.92 Å². The van der Waals surface area contributed by atoms with Crippen LogP contribution in [0.5, 0.6) is 0 Å². The first kappa shape index (κ1) is 13.5. The number of nitrogens with one attached hydrogen (secondary N) is 1. The van der Waals surface area contributed by atoms with Crippen LogP contribution < -0.4 is 5.32 Å². The summed E-state index contributed by atoms with van der Waals surface area (Å²) < 4.78 is 5.22. The zero-order chi connectivity index (χ0) is 13.8. The summed E-state index contributed by atoms with van der Waals surface area (Å²) in [5, 5.41) is 11.8. The SMILES string of the molecule is Cc1ccc(NC(=O)CC2CCOC2)cc1C(=O)O. The molecule has 102 valence electrons. The summed E-state index contributed by atoms with van der Waals surface area (Å²) in [5.41, 5.74) is 1.41. The van der Waals surface area contributed by atoms with Gasteiger partial charge >= 0.3 is 5.97 Å². The number of benzene rings is 1. The van der Waals surface area contributed by atoms with Crippen molar-refractivity contribution in [3.63, 3.8) is 0 Å². The van der Waals surface area contributed by atoms with Crippen LogP contribution in [-0.4, -0.2) is 30.2 Å². The normalized spacial score (nSPS) is 18.3. The number of hydrogen-bond donors (Lipinski definition) is 2. The van der Waals surface area contributed by atoms with E-state index in [9.17, 15) is 9.59 Å².